The molecular formula is C10H15F3N4O. The van der Waals surface area contributed by atoms with E-state index in [-0.39, 0.29) is 13.2 Å². The number of halogens is 3. The zero-order valence-electron chi connectivity index (χ0n) is 9.78. The summed E-state index contributed by atoms with van der Waals surface area (Å²) in [5.74, 6) is 1.34. The maximum Gasteiger partial charge on any atom is 0.411 e. The van der Waals surface area contributed by atoms with E-state index in [9.17, 15) is 13.2 Å². The highest BCUT2D eigenvalue weighted by atomic mass is 19.4. The monoisotopic (exact) mass is 264 g/mol. The number of hydrogen-bond donors (Lipinski definition) is 1. The van der Waals surface area contributed by atoms with Gasteiger partial charge in [-0.2, -0.15) is 13.2 Å². The molecular weight excluding hydrogens is 249 g/mol. The van der Waals surface area contributed by atoms with Crippen molar-refractivity contribution < 1.29 is 17.9 Å². The van der Waals surface area contributed by atoms with Gasteiger partial charge in [0, 0.05) is 12.5 Å². The van der Waals surface area contributed by atoms with Crippen molar-refractivity contribution in [3.05, 3.63) is 11.6 Å². The normalized spacial score (nSPS) is 16.2. The van der Waals surface area contributed by atoms with E-state index in [0.717, 1.165) is 12.8 Å². The van der Waals surface area contributed by atoms with Crippen LogP contribution in [0.1, 0.15) is 30.5 Å². The molecule has 1 fully saturated rings. The van der Waals surface area contributed by atoms with E-state index in [1.54, 1.807) is 0 Å². The molecule has 0 atom stereocenters. The first kappa shape index (κ1) is 13.3. The fourth-order valence-corrected chi connectivity index (χ4v) is 1.78. The van der Waals surface area contributed by atoms with Crippen molar-refractivity contribution >= 4 is 0 Å². The summed E-state index contributed by atoms with van der Waals surface area (Å²) in [6.45, 7) is -0.962. The number of rotatable bonds is 6. The van der Waals surface area contributed by atoms with E-state index in [4.69, 9.17) is 5.73 Å². The maximum absolute atomic E-state index is 11.9. The van der Waals surface area contributed by atoms with Gasteiger partial charge in [0.2, 0.25) is 0 Å². The lowest BCUT2D eigenvalue weighted by Crippen LogP contribution is -2.19. The van der Waals surface area contributed by atoms with Crippen LogP contribution in [0.2, 0.25) is 0 Å². The van der Waals surface area contributed by atoms with Gasteiger partial charge in [-0.3, -0.25) is 0 Å². The second-order valence-electron chi connectivity index (χ2n) is 4.26. The minimum absolute atomic E-state index is 0.0189. The molecule has 1 heterocycles. The molecule has 5 nitrogen and oxygen atoms in total. The molecule has 2 N–H and O–H groups in total. The maximum atomic E-state index is 11.9. The van der Waals surface area contributed by atoms with Crippen LogP contribution in [0.4, 0.5) is 13.2 Å². The van der Waals surface area contributed by atoms with Crippen LogP contribution in [0.5, 0.6) is 0 Å². The predicted octanol–water partition coefficient (Wildman–Crippen LogP) is 1.19. The molecule has 0 radical (unpaired) electrons. The van der Waals surface area contributed by atoms with E-state index in [2.05, 4.69) is 14.9 Å². The minimum Gasteiger partial charge on any atom is -0.372 e. The Labute approximate surface area is 102 Å². The molecule has 1 saturated carbocycles. The number of aromatic nitrogens is 3. The molecule has 0 amide bonds. The second kappa shape index (κ2) is 5.23. The van der Waals surface area contributed by atoms with Crippen LogP contribution < -0.4 is 5.73 Å². The fourth-order valence-electron chi connectivity index (χ4n) is 1.78. The molecule has 0 aliphatic heterocycles. The van der Waals surface area contributed by atoms with Crippen molar-refractivity contribution in [2.75, 3.05) is 13.2 Å². The molecule has 8 heteroatoms. The minimum atomic E-state index is -4.29. The number of hydrogen-bond acceptors (Lipinski definition) is 4. The van der Waals surface area contributed by atoms with Crippen LogP contribution in [0.3, 0.4) is 0 Å². The van der Waals surface area contributed by atoms with E-state index in [1.165, 1.54) is 0 Å². The van der Waals surface area contributed by atoms with E-state index in [1.807, 2.05) is 4.57 Å². The quantitative estimate of drug-likeness (QED) is 0.784. The van der Waals surface area contributed by atoms with Crippen LogP contribution in [0.25, 0.3) is 0 Å². The SMILES string of the molecule is NCc1nnc(CCOCC(F)(F)F)n1C1CC1. The first-order valence-corrected chi connectivity index (χ1v) is 5.78. The Balaban J connectivity index is 1.87. The zero-order chi connectivity index (χ0) is 13.2. The first-order valence-electron chi connectivity index (χ1n) is 5.78. The summed E-state index contributed by atoms with van der Waals surface area (Å²) >= 11 is 0. The van der Waals surface area contributed by atoms with Gasteiger partial charge < -0.3 is 15.0 Å². The standard InChI is InChI=1S/C10H15F3N4O/c11-10(12,13)6-18-4-3-8-15-16-9(5-14)17(8)7-1-2-7/h7H,1-6,14H2. The molecule has 1 aliphatic rings. The largest absolute Gasteiger partial charge is 0.411 e. The van der Waals surface area contributed by atoms with Crippen molar-refractivity contribution in [2.24, 2.45) is 5.73 Å². The van der Waals surface area contributed by atoms with E-state index in [0.29, 0.717) is 24.1 Å². The topological polar surface area (TPSA) is 66.0 Å². The summed E-state index contributed by atoms with van der Waals surface area (Å²) in [6, 6.07) is 0.358. The highest BCUT2D eigenvalue weighted by molar-refractivity contribution is 5.02. The Morgan fingerprint density at radius 3 is 2.50 bits per heavy atom. The molecule has 18 heavy (non-hydrogen) atoms. The number of nitrogens with two attached hydrogens (primary N) is 1. The molecule has 0 spiro atoms. The van der Waals surface area contributed by atoms with Gasteiger partial charge in [-0.05, 0) is 12.8 Å². The average molecular weight is 264 g/mol. The summed E-state index contributed by atoms with van der Waals surface area (Å²) in [5.41, 5.74) is 5.54. The lowest BCUT2D eigenvalue weighted by Gasteiger charge is -2.09. The van der Waals surface area contributed by atoms with Crippen LogP contribution >= 0.6 is 0 Å². The molecule has 0 unspecified atom stereocenters. The van der Waals surface area contributed by atoms with E-state index < -0.39 is 12.8 Å². The highest BCUT2D eigenvalue weighted by Crippen LogP contribution is 2.36. The van der Waals surface area contributed by atoms with Crippen LogP contribution in [-0.4, -0.2) is 34.2 Å². The van der Waals surface area contributed by atoms with Crippen LogP contribution in [-0.2, 0) is 17.7 Å². The molecule has 1 aromatic heterocycles. The van der Waals surface area contributed by atoms with Gasteiger partial charge in [-0.25, -0.2) is 0 Å². The lowest BCUT2D eigenvalue weighted by atomic mass is 10.4. The van der Waals surface area contributed by atoms with Crippen molar-refractivity contribution in [3.8, 4) is 0 Å². The molecule has 2 rings (SSSR count). The summed E-state index contributed by atoms with van der Waals surface area (Å²) in [6.07, 6.45) is -1.88. The van der Waals surface area contributed by atoms with Gasteiger partial charge in [0.05, 0.1) is 13.2 Å². The van der Waals surface area contributed by atoms with Gasteiger partial charge in [0.1, 0.15) is 18.3 Å². The summed E-state index contributed by atoms with van der Waals surface area (Å²) < 4.78 is 42.1. The van der Waals surface area contributed by atoms with Gasteiger partial charge in [0.15, 0.2) is 0 Å². The highest BCUT2D eigenvalue weighted by Gasteiger charge is 2.29. The Bertz CT molecular complexity index is 400. The van der Waals surface area contributed by atoms with E-state index >= 15 is 0 Å². The van der Waals surface area contributed by atoms with Crippen LogP contribution in [0.15, 0.2) is 0 Å². The summed E-state index contributed by atoms with van der Waals surface area (Å²) in [7, 11) is 0. The predicted molar refractivity (Wildman–Crippen MR) is 56.8 cm³/mol. The smallest absolute Gasteiger partial charge is 0.372 e. The Kier molecular flexibility index (Phi) is 3.86. The fraction of sp³-hybridized carbons (Fsp3) is 0.800. The number of alkyl halides is 3. The molecule has 0 bridgehead atoms. The third kappa shape index (κ3) is 3.42. The van der Waals surface area contributed by atoms with Gasteiger partial charge >= 0.3 is 6.18 Å². The Morgan fingerprint density at radius 2 is 1.94 bits per heavy atom. The van der Waals surface area contributed by atoms with Crippen molar-refractivity contribution in [3.63, 3.8) is 0 Å². The second-order valence-corrected chi connectivity index (χ2v) is 4.26. The molecule has 0 aromatic carbocycles. The van der Waals surface area contributed by atoms with Crippen molar-refractivity contribution in [1.29, 1.82) is 0 Å². The average Bonchev–Trinajstić information content (AvgIpc) is 3.04. The lowest BCUT2D eigenvalue weighted by molar-refractivity contribution is -0.173. The summed E-state index contributed by atoms with van der Waals surface area (Å²) in [5, 5.41) is 7.89. The van der Waals surface area contributed by atoms with Crippen molar-refractivity contribution in [1.82, 2.24) is 14.8 Å². The molecule has 102 valence electrons. The molecule has 1 aromatic rings. The number of nitrogens with zero attached hydrogens (tertiary/aromatic N) is 3. The van der Waals surface area contributed by atoms with Gasteiger partial charge in [0.25, 0.3) is 0 Å². The first-order chi connectivity index (χ1) is 8.51. The molecule has 1 aliphatic carbocycles. The number of ether oxygens (including phenoxy) is 1. The zero-order valence-corrected chi connectivity index (χ0v) is 9.78. The van der Waals surface area contributed by atoms with Crippen LogP contribution in [0, 0.1) is 0 Å². The third-order valence-corrected chi connectivity index (χ3v) is 2.67. The van der Waals surface area contributed by atoms with Crippen molar-refractivity contribution in [2.45, 2.75) is 38.0 Å². The molecule has 0 saturated heterocycles. The Hall–Kier alpha value is -1.15. The third-order valence-electron chi connectivity index (χ3n) is 2.67. The summed E-state index contributed by atoms with van der Waals surface area (Å²) in [4.78, 5) is 0. The van der Waals surface area contributed by atoms with Gasteiger partial charge in [-0.15, -0.1) is 10.2 Å². The Morgan fingerprint density at radius 1 is 1.28 bits per heavy atom. The van der Waals surface area contributed by atoms with Gasteiger partial charge in [-0.1, -0.05) is 0 Å².